The Morgan fingerprint density at radius 3 is 1.66 bits per heavy atom. The fourth-order valence-electron chi connectivity index (χ4n) is 11.9. The smallest absolute Gasteiger partial charge is 0.135 e. The summed E-state index contributed by atoms with van der Waals surface area (Å²) < 4.78 is 6.31. The Balaban J connectivity index is 0.960. The number of furan rings is 1. The number of benzene rings is 8. The summed E-state index contributed by atoms with van der Waals surface area (Å²) in [5.74, 6) is 2.60. The van der Waals surface area contributed by atoms with Gasteiger partial charge in [0, 0.05) is 27.8 Å². The molecule has 1 heterocycles. The van der Waals surface area contributed by atoms with Crippen molar-refractivity contribution in [2.24, 2.45) is 11.8 Å². The van der Waals surface area contributed by atoms with Crippen LogP contribution in [0.25, 0.3) is 55.3 Å². The molecule has 4 aliphatic rings. The SMILES string of the molecule is c1ccc2c(c1)-c1ccccc1C21c2ccccc2-c2cc(N(c3ccc(-c4ccc(C5CC6CCC5C6)cc4)cc3)c3ccc4oc5ccccc5c4c3)ccc21. The number of rotatable bonds is 5. The summed E-state index contributed by atoms with van der Waals surface area (Å²) in [6.07, 6.45) is 5.68. The molecular formula is C56H41NO. The van der Waals surface area contributed by atoms with Gasteiger partial charge in [-0.15, -0.1) is 0 Å². The average molecular weight is 744 g/mol. The second-order valence-corrected chi connectivity index (χ2v) is 17.2. The maximum atomic E-state index is 6.31. The zero-order valence-corrected chi connectivity index (χ0v) is 32.2. The third kappa shape index (κ3) is 4.49. The van der Waals surface area contributed by atoms with Gasteiger partial charge in [0.2, 0.25) is 0 Å². The predicted molar refractivity (Wildman–Crippen MR) is 238 cm³/mol. The molecule has 2 bridgehead atoms. The van der Waals surface area contributed by atoms with Crippen molar-refractivity contribution in [3.05, 3.63) is 210 Å². The third-order valence-electron chi connectivity index (χ3n) is 14.4. The van der Waals surface area contributed by atoms with Crippen LogP contribution < -0.4 is 4.90 Å². The summed E-state index contributed by atoms with van der Waals surface area (Å²) in [5, 5.41) is 2.25. The van der Waals surface area contributed by atoms with Crippen LogP contribution in [0.1, 0.15) is 59.4 Å². The first-order valence-electron chi connectivity index (χ1n) is 21.1. The molecule has 2 heteroatoms. The molecule has 0 aliphatic heterocycles. The van der Waals surface area contributed by atoms with E-state index >= 15 is 0 Å². The number of nitrogens with zero attached hydrogens (tertiary/aromatic N) is 1. The molecule has 2 nitrogen and oxygen atoms in total. The third-order valence-corrected chi connectivity index (χ3v) is 14.4. The Morgan fingerprint density at radius 1 is 0.431 bits per heavy atom. The molecule has 4 aliphatic carbocycles. The lowest BCUT2D eigenvalue weighted by Gasteiger charge is -2.31. The van der Waals surface area contributed by atoms with Gasteiger partial charge in [-0.05, 0) is 147 Å². The Labute approximate surface area is 339 Å². The molecule has 1 spiro atoms. The molecule has 9 aromatic rings. The molecule has 0 saturated heterocycles. The van der Waals surface area contributed by atoms with Crippen molar-refractivity contribution in [1.29, 1.82) is 0 Å². The topological polar surface area (TPSA) is 16.4 Å². The summed E-state index contributed by atoms with van der Waals surface area (Å²) in [4.78, 5) is 2.42. The van der Waals surface area contributed by atoms with Crippen molar-refractivity contribution < 1.29 is 4.42 Å². The first kappa shape index (κ1) is 32.4. The summed E-state index contributed by atoms with van der Waals surface area (Å²) in [5.41, 5.74) is 19.5. The van der Waals surface area contributed by atoms with Crippen molar-refractivity contribution in [3.8, 4) is 33.4 Å². The molecule has 2 fully saturated rings. The Hall–Kier alpha value is -6.64. The van der Waals surface area contributed by atoms with Crippen molar-refractivity contribution in [3.63, 3.8) is 0 Å². The van der Waals surface area contributed by atoms with Crippen LogP contribution in [0.2, 0.25) is 0 Å². The molecule has 276 valence electrons. The fourth-order valence-corrected chi connectivity index (χ4v) is 11.9. The second kappa shape index (κ2) is 12.2. The van der Waals surface area contributed by atoms with Gasteiger partial charge in [-0.2, -0.15) is 0 Å². The number of para-hydroxylation sites is 1. The van der Waals surface area contributed by atoms with E-state index in [4.69, 9.17) is 4.42 Å². The highest BCUT2D eigenvalue weighted by atomic mass is 16.3. The minimum atomic E-state index is -0.369. The maximum Gasteiger partial charge on any atom is 0.135 e. The lowest BCUT2D eigenvalue weighted by molar-refractivity contribution is 0.420. The van der Waals surface area contributed by atoms with Gasteiger partial charge >= 0.3 is 0 Å². The van der Waals surface area contributed by atoms with E-state index < -0.39 is 0 Å². The lowest BCUT2D eigenvalue weighted by atomic mass is 9.70. The van der Waals surface area contributed by atoms with Crippen LogP contribution in [0.5, 0.6) is 0 Å². The van der Waals surface area contributed by atoms with Crippen LogP contribution in [0, 0.1) is 11.8 Å². The van der Waals surface area contributed by atoms with Crippen LogP contribution >= 0.6 is 0 Å². The summed E-state index contributed by atoms with van der Waals surface area (Å²) in [6.45, 7) is 0. The molecular weight excluding hydrogens is 703 g/mol. The molecule has 0 radical (unpaired) electrons. The molecule has 0 N–H and O–H groups in total. The van der Waals surface area contributed by atoms with Crippen molar-refractivity contribution >= 4 is 39.0 Å². The number of hydrogen-bond acceptors (Lipinski definition) is 2. The highest BCUT2D eigenvalue weighted by Gasteiger charge is 2.51. The standard InChI is InChI=1S/C56H41NO/c1-5-13-50-43(9-1)44-10-2-6-14-51(44)56(50)52-15-7-3-11-45(52)48-33-41(27-29-53(48)56)57(42-28-30-55-49(34-42)46-12-4-8-16-54(46)58-55)40-25-23-37(24-26-40)36-19-21-38(22-20-36)47-32-35-17-18-39(47)31-35/h1-16,19-30,33-35,39,47H,17-18,31-32H2. The summed E-state index contributed by atoms with van der Waals surface area (Å²) in [6, 6.07) is 68.0. The van der Waals surface area contributed by atoms with Gasteiger partial charge in [0.1, 0.15) is 11.2 Å². The zero-order valence-electron chi connectivity index (χ0n) is 32.2. The fraction of sp³-hybridized carbons (Fsp3) is 0.143. The van der Waals surface area contributed by atoms with Gasteiger partial charge in [0.25, 0.3) is 0 Å². The van der Waals surface area contributed by atoms with Crippen LogP contribution in [0.3, 0.4) is 0 Å². The van der Waals surface area contributed by atoms with E-state index in [2.05, 4.69) is 181 Å². The van der Waals surface area contributed by atoms with Crippen LogP contribution in [0.15, 0.2) is 186 Å². The molecule has 58 heavy (non-hydrogen) atoms. The van der Waals surface area contributed by atoms with Gasteiger partial charge in [0.15, 0.2) is 0 Å². The van der Waals surface area contributed by atoms with Crippen molar-refractivity contribution in [2.75, 3.05) is 4.90 Å². The minimum Gasteiger partial charge on any atom is -0.456 e. The molecule has 13 rings (SSSR count). The molecule has 2 saturated carbocycles. The Kier molecular flexibility index (Phi) is 6.81. The van der Waals surface area contributed by atoms with E-state index in [1.165, 1.54) is 86.9 Å². The van der Waals surface area contributed by atoms with Gasteiger partial charge < -0.3 is 9.32 Å². The quantitative estimate of drug-likeness (QED) is 0.175. The predicted octanol–water partition coefficient (Wildman–Crippen LogP) is 15.0. The van der Waals surface area contributed by atoms with Crippen LogP contribution in [0.4, 0.5) is 17.1 Å². The molecule has 0 amide bonds. The normalized spacial score (nSPS) is 19.1. The molecule has 1 aromatic heterocycles. The second-order valence-electron chi connectivity index (χ2n) is 17.2. The molecule has 3 unspecified atom stereocenters. The van der Waals surface area contributed by atoms with E-state index in [0.29, 0.717) is 0 Å². The summed E-state index contributed by atoms with van der Waals surface area (Å²) >= 11 is 0. The van der Waals surface area contributed by atoms with Gasteiger partial charge in [-0.1, -0.05) is 140 Å². The zero-order chi connectivity index (χ0) is 38.0. The Bertz CT molecular complexity index is 3050. The van der Waals surface area contributed by atoms with Crippen LogP contribution in [-0.2, 0) is 5.41 Å². The summed E-state index contributed by atoms with van der Waals surface area (Å²) in [7, 11) is 0. The van der Waals surface area contributed by atoms with Gasteiger partial charge in [-0.25, -0.2) is 0 Å². The van der Waals surface area contributed by atoms with E-state index in [1.807, 2.05) is 6.07 Å². The van der Waals surface area contributed by atoms with Gasteiger partial charge in [0.05, 0.1) is 5.41 Å². The lowest BCUT2D eigenvalue weighted by Crippen LogP contribution is -2.25. The van der Waals surface area contributed by atoms with Crippen molar-refractivity contribution in [2.45, 2.75) is 37.0 Å². The number of anilines is 3. The van der Waals surface area contributed by atoms with Crippen LogP contribution in [-0.4, -0.2) is 0 Å². The number of hydrogen-bond donors (Lipinski definition) is 0. The van der Waals surface area contributed by atoms with E-state index in [-0.39, 0.29) is 5.41 Å². The monoisotopic (exact) mass is 743 g/mol. The highest BCUT2D eigenvalue weighted by Crippen LogP contribution is 2.63. The average Bonchev–Trinajstić information content (AvgIpc) is 4.12. The van der Waals surface area contributed by atoms with Crippen molar-refractivity contribution in [1.82, 2.24) is 0 Å². The minimum absolute atomic E-state index is 0.369. The van der Waals surface area contributed by atoms with Gasteiger partial charge in [-0.3, -0.25) is 0 Å². The van der Waals surface area contributed by atoms with E-state index in [1.54, 1.807) is 0 Å². The highest BCUT2D eigenvalue weighted by molar-refractivity contribution is 6.07. The first-order valence-corrected chi connectivity index (χ1v) is 21.1. The first-order chi connectivity index (χ1) is 28.7. The maximum absolute atomic E-state index is 6.31. The van der Waals surface area contributed by atoms with E-state index in [0.717, 1.165) is 56.8 Å². The molecule has 8 aromatic carbocycles. The van der Waals surface area contributed by atoms with E-state index in [9.17, 15) is 0 Å². The Morgan fingerprint density at radius 2 is 0.983 bits per heavy atom. The largest absolute Gasteiger partial charge is 0.456 e. The molecule has 3 atom stereocenters. The number of fused-ring (bicyclic) bond motifs is 15.